The van der Waals surface area contributed by atoms with E-state index in [1.807, 2.05) is 0 Å². The van der Waals surface area contributed by atoms with Gasteiger partial charge in [0.25, 0.3) is 0 Å². The molecule has 2 amide bonds. The van der Waals surface area contributed by atoms with Crippen LogP contribution in [0.3, 0.4) is 0 Å². The fraction of sp³-hybridized carbons (Fsp3) is 0.200. The van der Waals surface area contributed by atoms with Crippen LogP contribution in [0.15, 0.2) is 23.2 Å². The lowest BCUT2D eigenvalue weighted by Crippen LogP contribution is -2.26. The van der Waals surface area contributed by atoms with Crippen molar-refractivity contribution in [1.82, 2.24) is 10.6 Å². The minimum Gasteiger partial charge on any atom is -0.354 e. The van der Waals surface area contributed by atoms with E-state index in [1.165, 1.54) is 0 Å². The molecule has 0 spiro atoms. The van der Waals surface area contributed by atoms with Gasteiger partial charge in [-0.15, -0.1) is 0 Å². The standard InChI is InChI=1S/C10H10Cl2N4O/c11-6-3-7(12)5-8(4-6)15-10(17)16-9-13-1-2-14-9/h3-5H,1-2H2,(H3,13,14,15,16,17). The largest absolute Gasteiger partial charge is 0.354 e. The predicted octanol–water partition coefficient (Wildman–Crippen LogP) is 2.07. The van der Waals surface area contributed by atoms with Gasteiger partial charge in [0.1, 0.15) is 0 Å². The highest BCUT2D eigenvalue weighted by molar-refractivity contribution is 6.35. The third kappa shape index (κ3) is 3.51. The summed E-state index contributed by atoms with van der Waals surface area (Å²) in [6, 6.07) is 4.30. The second-order valence-corrected chi connectivity index (χ2v) is 4.28. The number of aliphatic imine (C=N–C) groups is 1. The summed E-state index contributed by atoms with van der Waals surface area (Å²) in [6.07, 6.45) is 0. The van der Waals surface area contributed by atoms with Gasteiger partial charge in [-0.2, -0.15) is 4.99 Å². The molecule has 90 valence electrons. The Morgan fingerprint density at radius 1 is 1.18 bits per heavy atom. The quantitative estimate of drug-likeness (QED) is 0.734. The second kappa shape index (κ2) is 5.25. The number of nitrogens with zero attached hydrogens (tertiary/aromatic N) is 1. The maximum absolute atomic E-state index is 11.5. The molecule has 0 saturated carbocycles. The van der Waals surface area contributed by atoms with E-state index in [-0.39, 0.29) is 0 Å². The third-order valence-electron chi connectivity index (χ3n) is 2.04. The molecule has 1 aromatic rings. The number of halogens is 2. The molecule has 0 aromatic heterocycles. The molecule has 1 fully saturated rings. The van der Waals surface area contributed by atoms with Gasteiger partial charge < -0.3 is 16.0 Å². The van der Waals surface area contributed by atoms with E-state index in [4.69, 9.17) is 23.2 Å². The Morgan fingerprint density at radius 3 is 2.35 bits per heavy atom. The maximum atomic E-state index is 11.5. The van der Waals surface area contributed by atoms with E-state index in [2.05, 4.69) is 20.9 Å². The minimum absolute atomic E-state index is 0.456. The Bertz CT molecular complexity index is 447. The summed E-state index contributed by atoms with van der Waals surface area (Å²) in [7, 11) is 0. The Hall–Kier alpha value is -1.46. The van der Waals surface area contributed by atoms with E-state index in [1.54, 1.807) is 18.2 Å². The smallest absolute Gasteiger partial charge is 0.348 e. The fourth-order valence-corrected chi connectivity index (χ4v) is 1.91. The molecule has 1 aromatic carbocycles. The Morgan fingerprint density at radius 2 is 1.76 bits per heavy atom. The summed E-state index contributed by atoms with van der Waals surface area (Å²) in [5.41, 5.74) is 0.509. The van der Waals surface area contributed by atoms with E-state index >= 15 is 0 Å². The molecular weight excluding hydrogens is 263 g/mol. The molecule has 0 atom stereocenters. The van der Waals surface area contributed by atoms with Gasteiger partial charge in [-0.25, -0.2) is 4.79 Å². The summed E-state index contributed by atoms with van der Waals surface area (Å²) in [4.78, 5) is 15.3. The Balaban J connectivity index is 2.04. The highest BCUT2D eigenvalue weighted by atomic mass is 35.5. The molecule has 0 bridgehead atoms. The van der Waals surface area contributed by atoms with Crippen molar-refractivity contribution in [3.8, 4) is 0 Å². The van der Waals surface area contributed by atoms with Crippen molar-refractivity contribution < 1.29 is 4.79 Å². The van der Waals surface area contributed by atoms with Crippen LogP contribution in [0.2, 0.25) is 10.0 Å². The first-order valence-electron chi connectivity index (χ1n) is 4.97. The summed E-state index contributed by atoms with van der Waals surface area (Å²) >= 11 is 11.6. The molecule has 17 heavy (non-hydrogen) atoms. The van der Waals surface area contributed by atoms with Crippen LogP contribution in [0.1, 0.15) is 0 Å². The van der Waals surface area contributed by atoms with E-state index < -0.39 is 6.03 Å². The van der Waals surface area contributed by atoms with Crippen molar-refractivity contribution in [2.24, 2.45) is 4.99 Å². The molecule has 1 saturated heterocycles. The van der Waals surface area contributed by atoms with Crippen LogP contribution >= 0.6 is 23.2 Å². The van der Waals surface area contributed by atoms with Gasteiger partial charge in [-0.05, 0) is 18.2 Å². The second-order valence-electron chi connectivity index (χ2n) is 3.40. The Labute approximate surface area is 108 Å². The number of nitrogens with one attached hydrogen (secondary N) is 3. The minimum atomic E-state index is -0.486. The van der Waals surface area contributed by atoms with Crippen LogP contribution < -0.4 is 16.0 Å². The lowest BCUT2D eigenvalue weighted by molar-refractivity contribution is 0.259. The van der Waals surface area contributed by atoms with Crippen molar-refractivity contribution >= 4 is 40.9 Å². The third-order valence-corrected chi connectivity index (χ3v) is 2.47. The van der Waals surface area contributed by atoms with Crippen molar-refractivity contribution in [3.05, 3.63) is 28.2 Å². The summed E-state index contributed by atoms with van der Waals surface area (Å²) in [5, 5.41) is 9.33. The van der Waals surface area contributed by atoms with Crippen molar-refractivity contribution in [2.75, 3.05) is 18.4 Å². The van der Waals surface area contributed by atoms with Gasteiger partial charge in [0, 0.05) is 28.8 Å². The predicted molar refractivity (Wildman–Crippen MR) is 68.9 cm³/mol. The number of carbonyl (C=O) groups is 1. The Kier molecular flexibility index (Phi) is 3.71. The number of benzene rings is 1. The molecule has 1 aliphatic rings. The molecule has 1 aliphatic heterocycles. The average Bonchev–Trinajstić information content (AvgIpc) is 2.67. The zero-order chi connectivity index (χ0) is 12.3. The van der Waals surface area contributed by atoms with Crippen molar-refractivity contribution in [1.29, 1.82) is 0 Å². The normalized spacial score (nSPS) is 13.9. The molecule has 0 radical (unpaired) electrons. The summed E-state index contributed by atoms with van der Waals surface area (Å²) in [5.74, 6) is 0.468. The fourth-order valence-electron chi connectivity index (χ4n) is 1.38. The molecule has 0 unspecified atom stereocenters. The van der Waals surface area contributed by atoms with Crippen molar-refractivity contribution in [3.63, 3.8) is 0 Å². The van der Waals surface area contributed by atoms with E-state index in [0.29, 0.717) is 21.7 Å². The van der Waals surface area contributed by atoms with Gasteiger partial charge in [0.2, 0.25) is 5.96 Å². The highest BCUT2D eigenvalue weighted by Crippen LogP contribution is 2.22. The van der Waals surface area contributed by atoms with Crippen molar-refractivity contribution in [2.45, 2.75) is 0 Å². The van der Waals surface area contributed by atoms with Crippen LogP contribution in [0, 0.1) is 0 Å². The monoisotopic (exact) mass is 272 g/mol. The topological polar surface area (TPSA) is 65.5 Å². The van der Waals surface area contributed by atoms with Gasteiger partial charge in [0.15, 0.2) is 0 Å². The number of hydrogen-bond donors (Lipinski definition) is 3. The molecule has 3 N–H and O–H groups in total. The zero-order valence-electron chi connectivity index (χ0n) is 8.76. The first kappa shape index (κ1) is 12.0. The first-order valence-corrected chi connectivity index (χ1v) is 5.72. The van der Waals surface area contributed by atoms with Crippen LogP contribution in [-0.2, 0) is 0 Å². The number of urea groups is 1. The molecule has 5 nitrogen and oxygen atoms in total. The first-order chi connectivity index (χ1) is 8.13. The van der Waals surface area contributed by atoms with Gasteiger partial charge in [-0.1, -0.05) is 23.2 Å². The van der Waals surface area contributed by atoms with Crippen LogP contribution in [0.5, 0.6) is 0 Å². The average molecular weight is 273 g/mol. The van der Waals surface area contributed by atoms with Gasteiger partial charge in [0.05, 0.1) is 0 Å². The molecule has 7 heteroatoms. The number of carbonyl (C=O) groups excluding carboxylic acids is 1. The zero-order valence-corrected chi connectivity index (χ0v) is 10.3. The molecule has 2 rings (SSSR count). The lowest BCUT2D eigenvalue weighted by Gasteiger charge is -2.04. The summed E-state index contributed by atoms with van der Waals surface area (Å²) < 4.78 is 0. The maximum Gasteiger partial charge on any atom is 0.348 e. The van der Waals surface area contributed by atoms with E-state index in [9.17, 15) is 4.79 Å². The number of anilines is 1. The summed E-state index contributed by atoms with van der Waals surface area (Å²) in [6.45, 7) is 1.52. The van der Waals surface area contributed by atoms with Crippen LogP contribution in [0.25, 0.3) is 0 Å². The number of guanidine groups is 1. The lowest BCUT2D eigenvalue weighted by atomic mass is 10.3. The van der Waals surface area contributed by atoms with Crippen LogP contribution in [0.4, 0.5) is 10.5 Å². The molecule has 1 heterocycles. The number of amides is 2. The van der Waals surface area contributed by atoms with Gasteiger partial charge in [-0.3, -0.25) is 0 Å². The SMILES string of the molecule is O=C(N=C1NCCN1)Nc1cc(Cl)cc(Cl)c1. The molecule has 0 aliphatic carbocycles. The number of hydrogen-bond acceptors (Lipinski definition) is 1. The van der Waals surface area contributed by atoms with Crippen LogP contribution in [-0.4, -0.2) is 25.1 Å². The highest BCUT2D eigenvalue weighted by Gasteiger charge is 2.08. The molecular formula is C10H10Cl2N4O. The number of rotatable bonds is 1. The van der Waals surface area contributed by atoms with Gasteiger partial charge >= 0.3 is 6.03 Å². The van der Waals surface area contributed by atoms with E-state index in [0.717, 1.165) is 13.1 Å².